The van der Waals surface area contributed by atoms with Gasteiger partial charge in [-0.3, -0.25) is 14.4 Å². The van der Waals surface area contributed by atoms with E-state index in [1.54, 1.807) is 6.92 Å². The number of Topliss-reactive ketones (excluding diaryl/α,β-unsaturated/α-hetero) is 2. The molecule has 0 spiro atoms. The second kappa shape index (κ2) is 7.31. The Morgan fingerprint density at radius 3 is 2.41 bits per heavy atom. The Balaban J connectivity index is 1.94. The molecule has 2 rings (SSSR count). The number of rotatable bonds is 5. The molecule has 0 amide bonds. The number of ether oxygens (including phenoxy) is 1. The van der Waals surface area contributed by atoms with Crippen molar-refractivity contribution in [3.63, 3.8) is 0 Å². The fraction of sp³-hybridized carbons (Fsp3) is 0.471. The minimum atomic E-state index is -0.868. The van der Waals surface area contributed by atoms with Gasteiger partial charge in [0.2, 0.25) is 0 Å². The quantitative estimate of drug-likeness (QED) is 0.660. The van der Waals surface area contributed by atoms with Gasteiger partial charge >= 0.3 is 5.97 Å². The number of hydrogen-bond acceptors (Lipinski definition) is 5. The first-order valence-electron chi connectivity index (χ1n) is 7.52. The zero-order valence-electron chi connectivity index (χ0n) is 12.7. The topological polar surface area (TPSA) is 86.5 Å². The van der Waals surface area contributed by atoms with Crippen molar-refractivity contribution in [2.24, 2.45) is 17.6 Å². The first-order chi connectivity index (χ1) is 10.5. The third kappa shape index (κ3) is 3.80. The lowest BCUT2D eigenvalue weighted by molar-refractivity contribution is -0.151. The van der Waals surface area contributed by atoms with Gasteiger partial charge in [-0.2, -0.15) is 0 Å². The lowest BCUT2D eigenvalue weighted by atomic mass is 9.78. The summed E-state index contributed by atoms with van der Waals surface area (Å²) in [6.45, 7) is 1.76. The van der Waals surface area contributed by atoms with Crippen LogP contribution in [0.4, 0.5) is 0 Å². The second-order valence-corrected chi connectivity index (χ2v) is 5.72. The average molecular weight is 303 g/mol. The maximum absolute atomic E-state index is 12.1. The predicted molar refractivity (Wildman–Crippen MR) is 80.7 cm³/mol. The third-order valence-electron chi connectivity index (χ3n) is 4.10. The van der Waals surface area contributed by atoms with Gasteiger partial charge in [0, 0.05) is 18.9 Å². The lowest BCUT2D eigenvalue weighted by Gasteiger charge is -2.28. The van der Waals surface area contributed by atoms with Crippen LogP contribution in [-0.4, -0.2) is 23.6 Å². The van der Waals surface area contributed by atoms with Crippen LogP contribution >= 0.6 is 0 Å². The molecular weight excluding hydrogens is 282 g/mol. The molecule has 2 atom stereocenters. The Hall–Kier alpha value is -2.01. The van der Waals surface area contributed by atoms with Gasteiger partial charge in [0.15, 0.2) is 0 Å². The van der Waals surface area contributed by atoms with Crippen molar-refractivity contribution < 1.29 is 19.1 Å². The molecule has 1 aromatic rings. The van der Waals surface area contributed by atoms with Crippen molar-refractivity contribution in [2.75, 3.05) is 0 Å². The monoisotopic (exact) mass is 303 g/mol. The van der Waals surface area contributed by atoms with Gasteiger partial charge in [-0.15, -0.1) is 0 Å². The molecule has 0 heterocycles. The Labute approximate surface area is 129 Å². The van der Waals surface area contributed by atoms with Crippen LogP contribution in [0.25, 0.3) is 0 Å². The van der Waals surface area contributed by atoms with E-state index >= 15 is 0 Å². The van der Waals surface area contributed by atoms with Gasteiger partial charge in [-0.05, 0) is 12.0 Å². The van der Waals surface area contributed by atoms with Crippen LogP contribution in [0.3, 0.4) is 0 Å². The predicted octanol–water partition coefficient (Wildman–Crippen LogP) is 1.63. The Bertz CT molecular complexity index is 539. The molecule has 0 aromatic heterocycles. The summed E-state index contributed by atoms with van der Waals surface area (Å²) in [6, 6.07) is 8.49. The van der Waals surface area contributed by atoms with E-state index in [1.165, 1.54) is 0 Å². The second-order valence-electron chi connectivity index (χ2n) is 5.72. The summed E-state index contributed by atoms with van der Waals surface area (Å²) in [5.74, 6) is -2.37. The summed E-state index contributed by atoms with van der Waals surface area (Å²) in [6.07, 6.45) is 1.29. The van der Waals surface area contributed by atoms with Crippen molar-refractivity contribution in [3.05, 3.63) is 35.9 Å². The summed E-state index contributed by atoms with van der Waals surface area (Å²) < 4.78 is 5.23. The first kappa shape index (κ1) is 16.4. The number of ketones is 2. The molecule has 1 aromatic carbocycles. The molecule has 118 valence electrons. The van der Waals surface area contributed by atoms with E-state index in [0.717, 1.165) is 5.56 Å². The highest BCUT2D eigenvalue weighted by molar-refractivity contribution is 6.05. The largest absolute Gasteiger partial charge is 0.461 e. The molecule has 1 unspecified atom stereocenters. The molecule has 1 aliphatic rings. The van der Waals surface area contributed by atoms with E-state index in [0.29, 0.717) is 19.3 Å². The summed E-state index contributed by atoms with van der Waals surface area (Å²) >= 11 is 0. The highest BCUT2D eigenvalue weighted by atomic mass is 16.5. The number of benzene rings is 1. The molecule has 0 radical (unpaired) electrons. The summed E-state index contributed by atoms with van der Waals surface area (Å²) in [5, 5.41) is 0. The molecule has 2 N–H and O–H groups in total. The summed E-state index contributed by atoms with van der Waals surface area (Å²) in [5.41, 5.74) is 6.88. The first-order valence-corrected chi connectivity index (χ1v) is 7.52. The average Bonchev–Trinajstić information content (AvgIpc) is 2.52. The number of carbonyl (C=O) groups excluding carboxylic acids is 3. The van der Waals surface area contributed by atoms with Crippen LogP contribution in [0.15, 0.2) is 30.3 Å². The molecular formula is C17H21NO4. The highest BCUT2D eigenvalue weighted by Gasteiger charge is 2.39. The van der Waals surface area contributed by atoms with Crippen LogP contribution in [-0.2, 0) is 25.7 Å². The standard InChI is InChI=1S/C17H21NO4/c1-11(16(18)15-13(19)8-5-9-14(15)20)17(21)22-10-12-6-3-2-4-7-12/h2-4,6-7,11,15-16H,5,8-10,18H2,1H3/t11?,16-/m0/s1. The van der Waals surface area contributed by atoms with Gasteiger partial charge in [-0.25, -0.2) is 0 Å². The van der Waals surface area contributed by atoms with Crippen molar-refractivity contribution >= 4 is 17.5 Å². The van der Waals surface area contributed by atoms with Gasteiger partial charge in [0.05, 0.1) is 11.8 Å². The molecule has 22 heavy (non-hydrogen) atoms. The maximum Gasteiger partial charge on any atom is 0.310 e. The normalized spacial score (nSPS) is 18.8. The number of nitrogens with two attached hydrogens (primary N) is 1. The van der Waals surface area contributed by atoms with Crippen molar-refractivity contribution in [2.45, 2.75) is 38.8 Å². The van der Waals surface area contributed by atoms with Crippen LogP contribution in [0.2, 0.25) is 0 Å². The van der Waals surface area contributed by atoms with Crippen LogP contribution in [0.1, 0.15) is 31.7 Å². The SMILES string of the molecule is CC(C(=O)OCc1ccccc1)[C@H](N)C1C(=O)CCCC1=O. The minimum Gasteiger partial charge on any atom is -0.461 e. The van der Waals surface area contributed by atoms with Crippen molar-refractivity contribution in [1.82, 2.24) is 0 Å². The van der Waals surface area contributed by atoms with Gasteiger partial charge in [0.25, 0.3) is 0 Å². The van der Waals surface area contributed by atoms with Gasteiger partial charge in [-0.1, -0.05) is 37.3 Å². The lowest BCUT2D eigenvalue weighted by Crippen LogP contribution is -2.48. The molecule has 5 nitrogen and oxygen atoms in total. The molecule has 5 heteroatoms. The summed E-state index contributed by atoms with van der Waals surface area (Å²) in [7, 11) is 0. The summed E-state index contributed by atoms with van der Waals surface area (Å²) in [4.78, 5) is 35.9. The van der Waals surface area contributed by atoms with E-state index in [9.17, 15) is 14.4 Å². The van der Waals surface area contributed by atoms with E-state index in [2.05, 4.69) is 0 Å². The van der Waals surface area contributed by atoms with E-state index in [-0.39, 0.29) is 18.2 Å². The molecule has 1 aliphatic carbocycles. The number of carbonyl (C=O) groups is 3. The fourth-order valence-electron chi connectivity index (χ4n) is 2.66. The molecule has 1 saturated carbocycles. The van der Waals surface area contributed by atoms with Crippen LogP contribution < -0.4 is 5.73 Å². The Kier molecular flexibility index (Phi) is 5.44. The fourth-order valence-corrected chi connectivity index (χ4v) is 2.66. The minimum absolute atomic E-state index is 0.156. The van der Waals surface area contributed by atoms with Crippen LogP contribution in [0, 0.1) is 11.8 Å². The molecule has 0 aliphatic heterocycles. The van der Waals surface area contributed by atoms with Gasteiger partial charge < -0.3 is 10.5 Å². The zero-order chi connectivity index (χ0) is 16.1. The zero-order valence-corrected chi connectivity index (χ0v) is 12.7. The van der Waals surface area contributed by atoms with E-state index in [4.69, 9.17) is 10.5 Å². The molecule has 0 bridgehead atoms. The Morgan fingerprint density at radius 1 is 1.23 bits per heavy atom. The van der Waals surface area contributed by atoms with E-state index in [1.807, 2.05) is 30.3 Å². The highest BCUT2D eigenvalue weighted by Crippen LogP contribution is 2.24. The maximum atomic E-state index is 12.1. The number of esters is 1. The Morgan fingerprint density at radius 2 is 1.82 bits per heavy atom. The van der Waals surface area contributed by atoms with Crippen molar-refractivity contribution in [1.29, 1.82) is 0 Å². The number of hydrogen-bond donors (Lipinski definition) is 1. The van der Waals surface area contributed by atoms with Gasteiger partial charge in [0.1, 0.15) is 18.2 Å². The van der Waals surface area contributed by atoms with Crippen molar-refractivity contribution in [3.8, 4) is 0 Å². The van der Waals surface area contributed by atoms with E-state index < -0.39 is 23.8 Å². The van der Waals surface area contributed by atoms with Crippen LogP contribution in [0.5, 0.6) is 0 Å². The third-order valence-corrected chi connectivity index (χ3v) is 4.10. The molecule has 1 fully saturated rings. The molecule has 0 saturated heterocycles. The smallest absolute Gasteiger partial charge is 0.310 e.